The van der Waals surface area contributed by atoms with Crippen molar-refractivity contribution in [1.82, 2.24) is 0 Å². The molecule has 1 fully saturated rings. The van der Waals surface area contributed by atoms with Crippen molar-refractivity contribution in [3.05, 3.63) is 59.7 Å². The number of ether oxygens (including phenoxy) is 2. The Bertz CT molecular complexity index is 815. The standard InChI is InChI=1S/C22H26N2O4/c1-26-20-12-11-17(15-21(20)27-19-9-5-6-10-19)14-18(24-28-22(23)25)13-16-7-3-2-4-8-16/h2-4,7-8,11-12,15,19H,5-6,9-10,13-14H2,1H3,(H2,23,25)/b24-18+. The minimum atomic E-state index is -0.925. The molecule has 0 bridgehead atoms. The molecule has 0 saturated heterocycles. The highest BCUT2D eigenvalue weighted by Gasteiger charge is 2.19. The molecule has 0 unspecified atom stereocenters. The van der Waals surface area contributed by atoms with Crippen molar-refractivity contribution in [2.24, 2.45) is 10.9 Å². The molecule has 0 aliphatic heterocycles. The van der Waals surface area contributed by atoms with Gasteiger partial charge < -0.3 is 15.2 Å². The fourth-order valence-electron chi connectivity index (χ4n) is 3.41. The number of nitrogens with zero attached hydrogens (tertiary/aromatic N) is 1. The summed E-state index contributed by atoms with van der Waals surface area (Å²) >= 11 is 0. The lowest BCUT2D eigenvalue weighted by molar-refractivity contribution is 0.161. The monoisotopic (exact) mass is 382 g/mol. The van der Waals surface area contributed by atoms with Crippen molar-refractivity contribution in [2.45, 2.75) is 44.6 Å². The van der Waals surface area contributed by atoms with Gasteiger partial charge >= 0.3 is 6.09 Å². The Balaban J connectivity index is 1.78. The van der Waals surface area contributed by atoms with Crippen molar-refractivity contribution in [3.63, 3.8) is 0 Å². The maximum atomic E-state index is 11.0. The van der Waals surface area contributed by atoms with Crippen LogP contribution in [0.3, 0.4) is 0 Å². The van der Waals surface area contributed by atoms with E-state index in [1.54, 1.807) is 7.11 Å². The second kappa shape index (κ2) is 9.78. The lowest BCUT2D eigenvalue weighted by Crippen LogP contribution is -2.15. The Morgan fingerprint density at radius 1 is 1.04 bits per heavy atom. The molecule has 0 spiro atoms. The zero-order valence-corrected chi connectivity index (χ0v) is 16.1. The summed E-state index contributed by atoms with van der Waals surface area (Å²) in [5.41, 5.74) is 7.84. The number of hydrogen-bond acceptors (Lipinski definition) is 5. The van der Waals surface area contributed by atoms with Crippen molar-refractivity contribution in [3.8, 4) is 11.5 Å². The van der Waals surface area contributed by atoms with Crippen molar-refractivity contribution in [2.75, 3.05) is 7.11 Å². The third-order valence-corrected chi connectivity index (χ3v) is 4.75. The fraction of sp³-hybridized carbons (Fsp3) is 0.364. The molecule has 2 N–H and O–H groups in total. The molecule has 0 aromatic heterocycles. The first-order chi connectivity index (χ1) is 13.6. The number of carbonyl (C=O) groups is 1. The van der Waals surface area contributed by atoms with E-state index >= 15 is 0 Å². The first kappa shape index (κ1) is 19.7. The highest BCUT2D eigenvalue weighted by atomic mass is 16.7. The quantitative estimate of drug-likeness (QED) is 0.420. The number of primary amides is 1. The molecule has 0 radical (unpaired) electrons. The first-order valence-electron chi connectivity index (χ1n) is 9.53. The first-order valence-corrected chi connectivity index (χ1v) is 9.53. The van der Waals surface area contributed by atoms with Crippen LogP contribution in [-0.4, -0.2) is 25.0 Å². The molecular formula is C22H26N2O4. The van der Waals surface area contributed by atoms with E-state index in [2.05, 4.69) is 5.16 Å². The van der Waals surface area contributed by atoms with Crippen molar-refractivity contribution < 1.29 is 19.1 Å². The molecule has 28 heavy (non-hydrogen) atoms. The van der Waals surface area contributed by atoms with E-state index in [9.17, 15) is 4.79 Å². The second-order valence-electron chi connectivity index (χ2n) is 6.92. The van der Waals surface area contributed by atoms with E-state index in [0.29, 0.717) is 24.3 Å². The van der Waals surface area contributed by atoms with Gasteiger partial charge in [-0.15, -0.1) is 0 Å². The molecule has 0 atom stereocenters. The zero-order chi connectivity index (χ0) is 19.8. The summed E-state index contributed by atoms with van der Waals surface area (Å²) in [7, 11) is 1.64. The van der Waals surface area contributed by atoms with Crippen LogP contribution < -0.4 is 15.2 Å². The number of benzene rings is 2. The van der Waals surface area contributed by atoms with Gasteiger partial charge in [-0.05, 0) is 48.9 Å². The van der Waals surface area contributed by atoms with Gasteiger partial charge in [0.05, 0.1) is 18.9 Å². The number of carbonyl (C=O) groups excluding carboxylic acids is 1. The van der Waals surface area contributed by atoms with Gasteiger partial charge in [-0.3, -0.25) is 4.84 Å². The highest BCUT2D eigenvalue weighted by Crippen LogP contribution is 2.32. The lowest BCUT2D eigenvalue weighted by atomic mass is 10.0. The number of hydrogen-bond donors (Lipinski definition) is 1. The van der Waals surface area contributed by atoms with Gasteiger partial charge in [-0.25, -0.2) is 4.79 Å². The van der Waals surface area contributed by atoms with Gasteiger partial charge in [-0.1, -0.05) is 41.6 Å². The molecular weight excluding hydrogens is 356 g/mol. The van der Waals surface area contributed by atoms with Crippen LogP contribution in [0.5, 0.6) is 11.5 Å². The van der Waals surface area contributed by atoms with E-state index in [-0.39, 0.29) is 6.10 Å². The lowest BCUT2D eigenvalue weighted by Gasteiger charge is -2.17. The molecule has 1 amide bonds. The third kappa shape index (κ3) is 5.74. The molecule has 0 heterocycles. The van der Waals surface area contributed by atoms with E-state index in [1.165, 1.54) is 12.8 Å². The summed E-state index contributed by atoms with van der Waals surface area (Å²) < 4.78 is 11.6. The van der Waals surface area contributed by atoms with Crippen molar-refractivity contribution >= 4 is 11.8 Å². The van der Waals surface area contributed by atoms with Gasteiger partial charge in [-0.2, -0.15) is 0 Å². The largest absolute Gasteiger partial charge is 0.493 e. The molecule has 1 aliphatic carbocycles. The number of amides is 1. The second-order valence-corrected chi connectivity index (χ2v) is 6.92. The van der Waals surface area contributed by atoms with Crippen LogP contribution in [0.25, 0.3) is 0 Å². The molecule has 1 aliphatic rings. The summed E-state index contributed by atoms with van der Waals surface area (Å²) in [6.45, 7) is 0. The van der Waals surface area contributed by atoms with Crippen LogP contribution in [0.2, 0.25) is 0 Å². The zero-order valence-electron chi connectivity index (χ0n) is 16.1. The van der Waals surface area contributed by atoms with Gasteiger partial charge in [0.15, 0.2) is 11.5 Å². The Kier molecular flexibility index (Phi) is 6.89. The van der Waals surface area contributed by atoms with Crippen LogP contribution in [-0.2, 0) is 17.7 Å². The van der Waals surface area contributed by atoms with Crippen molar-refractivity contribution in [1.29, 1.82) is 0 Å². The molecule has 3 rings (SSSR count). The minimum Gasteiger partial charge on any atom is -0.493 e. The number of methoxy groups -OCH3 is 1. The number of nitrogens with two attached hydrogens (primary N) is 1. The summed E-state index contributed by atoms with van der Waals surface area (Å²) in [5, 5.41) is 3.96. The van der Waals surface area contributed by atoms with Gasteiger partial charge in [0.1, 0.15) is 0 Å². The van der Waals surface area contributed by atoms with Gasteiger partial charge in [0, 0.05) is 12.8 Å². The SMILES string of the molecule is COc1ccc(C/C(Cc2ccccc2)=N/OC(N)=O)cc1OC1CCCC1. The predicted octanol–water partition coefficient (Wildman–Crippen LogP) is 4.25. The van der Waals surface area contributed by atoms with Crippen LogP contribution in [0.4, 0.5) is 4.79 Å². The fourth-order valence-corrected chi connectivity index (χ4v) is 3.41. The summed E-state index contributed by atoms with van der Waals surface area (Å²) in [6.07, 6.45) is 4.91. The third-order valence-electron chi connectivity index (χ3n) is 4.75. The summed E-state index contributed by atoms with van der Waals surface area (Å²) in [5.74, 6) is 1.45. The van der Waals surface area contributed by atoms with Crippen LogP contribution in [0, 0.1) is 0 Å². The number of oxime groups is 1. The van der Waals surface area contributed by atoms with E-state index in [4.69, 9.17) is 20.0 Å². The topological polar surface area (TPSA) is 83.1 Å². The van der Waals surface area contributed by atoms with Gasteiger partial charge in [0.25, 0.3) is 0 Å². The molecule has 6 heteroatoms. The normalized spacial score (nSPS) is 14.7. The predicted molar refractivity (Wildman–Crippen MR) is 108 cm³/mol. The highest BCUT2D eigenvalue weighted by molar-refractivity contribution is 5.88. The van der Waals surface area contributed by atoms with E-state index < -0.39 is 6.09 Å². The Hall–Kier alpha value is -3.02. The number of rotatable bonds is 8. The Morgan fingerprint density at radius 2 is 1.75 bits per heavy atom. The molecule has 2 aromatic carbocycles. The average Bonchev–Trinajstić information content (AvgIpc) is 3.20. The average molecular weight is 382 g/mol. The summed E-state index contributed by atoms with van der Waals surface area (Å²) in [6, 6.07) is 15.7. The van der Waals surface area contributed by atoms with Gasteiger partial charge in [0.2, 0.25) is 0 Å². The molecule has 2 aromatic rings. The molecule has 6 nitrogen and oxygen atoms in total. The smallest absolute Gasteiger partial charge is 0.430 e. The maximum absolute atomic E-state index is 11.0. The van der Waals surface area contributed by atoms with E-state index in [1.807, 2.05) is 48.5 Å². The Morgan fingerprint density at radius 3 is 2.43 bits per heavy atom. The molecule has 148 valence electrons. The van der Waals surface area contributed by atoms with Crippen LogP contribution >= 0.6 is 0 Å². The van der Waals surface area contributed by atoms with Crippen LogP contribution in [0.1, 0.15) is 36.8 Å². The maximum Gasteiger partial charge on any atom is 0.430 e. The summed E-state index contributed by atoms with van der Waals surface area (Å²) in [4.78, 5) is 15.7. The Labute approximate surface area is 165 Å². The minimum absolute atomic E-state index is 0.236. The molecule has 1 saturated carbocycles. The van der Waals surface area contributed by atoms with E-state index in [0.717, 1.165) is 29.7 Å². The van der Waals surface area contributed by atoms with Crippen LogP contribution in [0.15, 0.2) is 53.7 Å².